The van der Waals surface area contributed by atoms with Crippen LogP contribution in [0.15, 0.2) is 54.2 Å². The zero-order chi connectivity index (χ0) is 22.0. The maximum atomic E-state index is 13.5. The summed E-state index contributed by atoms with van der Waals surface area (Å²) in [7, 11) is 0. The van der Waals surface area contributed by atoms with Crippen LogP contribution < -0.4 is 0 Å². The van der Waals surface area contributed by atoms with Gasteiger partial charge in [0.1, 0.15) is 5.70 Å². The number of aliphatic hydroxyl groups is 1. The molecule has 1 fully saturated rings. The van der Waals surface area contributed by atoms with E-state index in [1.165, 1.54) is 4.90 Å². The first-order valence-electron chi connectivity index (χ1n) is 10.8. The molecule has 1 saturated heterocycles. The van der Waals surface area contributed by atoms with E-state index in [1.807, 2.05) is 67.3 Å². The number of imide groups is 1. The van der Waals surface area contributed by atoms with Crippen LogP contribution >= 0.6 is 0 Å². The molecule has 2 aliphatic heterocycles. The van der Waals surface area contributed by atoms with Crippen molar-refractivity contribution in [2.45, 2.75) is 20.4 Å². The Labute approximate surface area is 183 Å². The van der Waals surface area contributed by atoms with Crippen molar-refractivity contribution in [3.05, 3.63) is 76.5 Å². The number of aryl methyl sites for hydroxylation is 2. The number of nitrogens with zero attached hydrogens (tertiary/aromatic N) is 3. The van der Waals surface area contributed by atoms with Gasteiger partial charge in [0, 0.05) is 32.7 Å². The minimum Gasteiger partial charge on any atom is -0.395 e. The number of carbonyl (C=O) groups is 2. The van der Waals surface area contributed by atoms with Gasteiger partial charge in [0.2, 0.25) is 0 Å². The molecule has 6 nitrogen and oxygen atoms in total. The van der Waals surface area contributed by atoms with Gasteiger partial charge in [-0.2, -0.15) is 0 Å². The smallest absolute Gasteiger partial charge is 0.278 e. The lowest BCUT2D eigenvalue weighted by Crippen LogP contribution is -2.48. The first kappa shape index (κ1) is 21.3. The van der Waals surface area contributed by atoms with E-state index in [2.05, 4.69) is 4.90 Å². The van der Waals surface area contributed by atoms with E-state index >= 15 is 0 Å². The lowest BCUT2D eigenvalue weighted by atomic mass is 10.0. The summed E-state index contributed by atoms with van der Waals surface area (Å²) in [5, 5.41) is 9.21. The maximum absolute atomic E-state index is 13.5. The molecule has 2 amide bonds. The fourth-order valence-corrected chi connectivity index (χ4v) is 4.19. The van der Waals surface area contributed by atoms with Crippen molar-refractivity contribution < 1.29 is 14.7 Å². The molecule has 162 valence electrons. The molecule has 0 aliphatic carbocycles. The number of piperazine rings is 1. The van der Waals surface area contributed by atoms with Crippen LogP contribution in [-0.2, 0) is 16.1 Å². The second-order valence-corrected chi connectivity index (χ2v) is 8.32. The van der Waals surface area contributed by atoms with Crippen molar-refractivity contribution in [1.82, 2.24) is 14.7 Å². The Bertz CT molecular complexity index is 988. The number of benzene rings is 2. The Morgan fingerprint density at radius 1 is 0.806 bits per heavy atom. The Balaban J connectivity index is 1.66. The van der Waals surface area contributed by atoms with Crippen molar-refractivity contribution in [3.63, 3.8) is 0 Å². The number of β-amino-alcohol motifs (C(OH)–C–C–N with tert-alkyl or cyclic N) is 1. The number of hydrogen-bond acceptors (Lipinski definition) is 5. The molecule has 2 heterocycles. The zero-order valence-electron chi connectivity index (χ0n) is 18.2. The van der Waals surface area contributed by atoms with E-state index in [1.54, 1.807) is 0 Å². The van der Waals surface area contributed by atoms with Gasteiger partial charge in [0.25, 0.3) is 11.8 Å². The number of aliphatic hydroxyl groups excluding tert-OH is 1. The zero-order valence-corrected chi connectivity index (χ0v) is 18.2. The molecule has 0 unspecified atom stereocenters. The molecule has 2 aromatic rings. The summed E-state index contributed by atoms with van der Waals surface area (Å²) in [5.41, 5.74) is 4.96. The molecule has 2 aliphatic rings. The lowest BCUT2D eigenvalue weighted by molar-refractivity contribution is -0.138. The van der Waals surface area contributed by atoms with Crippen LogP contribution in [0.1, 0.15) is 22.3 Å². The fourth-order valence-electron chi connectivity index (χ4n) is 4.19. The highest BCUT2D eigenvalue weighted by Gasteiger charge is 2.42. The molecular formula is C25H29N3O3. The number of rotatable bonds is 6. The Kier molecular flexibility index (Phi) is 6.20. The molecule has 0 saturated carbocycles. The van der Waals surface area contributed by atoms with Crippen molar-refractivity contribution in [1.29, 1.82) is 0 Å². The van der Waals surface area contributed by atoms with Gasteiger partial charge >= 0.3 is 0 Å². The Morgan fingerprint density at radius 3 is 1.97 bits per heavy atom. The average molecular weight is 420 g/mol. The SMILES string of the molecule is Cc1ccc(CN2C(=O)C(c3ccc(C)cc3)=C(N3CCN(CCO)CC3)C2=O)cc1. The number of hydrogen-bond donors (Lipinski definition) is 1. The summed E-state index contributed by atoms with van der Waals surface area (Å²) in [4.78, 5) is 32.6. The van der Waals surface area contributed by atoms with E-state index in [9.17, 15) is 14.7 Å². The van der Waals surface area contributed by atoms with Crippen LogP contribution in [0.2, 0.25) is 0 Å². The summed E-state index contributed by atoms with van der Waals surface area (Å²) in [6, 6.07) is 15.7. The summed E-state index contributed by atoms with van der Waals surface area (Å²) < 4.78 is 0. The largest absolute Gasteiger partial charge is 0.395 e. The molecule has 31 heavy (non-hydrogen) atoms. The van der Waals surface area contributed by atoms with Crippen molar-refractivity contribution in [2.24, 2.45) is 0 Å². The van der Waals surface area contributed by atoms with Crippen LogP contribution in [-0.4, -0.2) is 71.0 Å². The van der Waals surface area contributed by atoms with Crippen molar-refractivity contribution in [3.8, 4) is 0 Å². The quantitative estimate of drug-likeness (QED) is 0.728. The van der Waals surface area contributed by atoms with E-state index in [4.69, 9.17) is 0 Å². The van der Waals surface area contributed by atoms with Crippen LogP contribution in [0.5, 0.6) is 0 Å². The second-order valence-electron chi connectivity index (χ2n) is 8.32. The summed E-state index contributed by atoms with van der Waals surface area (Å²) >= 11 is 0. The standard InChI is InChI=1S/C25H29N3O3/c1-18-3-7-20(8-4-18)17-28-24(30)22(21-9-5-19(2)6-10-21)23(25(28)31)27-13-11-26(12-14-27)15-16-29/h3-10,29H,11-17H2,1-2H3. The highest BCUT2D eigenvalue weighted by atomic mass is 16.3. The molecule has 0 aromatic heterocycles. The molecule has 4 rings (SSSR count). The highest BCUT2D eigenvalue weighted by molar-refractivity contribution is 6.35. The van der Waals surface area contributed by atoms with E-state index in [0.29, 0.717) is 30.9 Å². The van der Waals surface area contributed by atoms with Crippen LogP contribution in [0.3, 0.4) is 0 Å². The first-order valence-corrected chi connectivity index (χ1v) is 10.8. The van der Waals surface area contributed by atoms with Crippen molar-refractivity contribution in [2.75, 3.05) is 39.3 Å². The van der Waals surface area contributed by atoms with Gasteiger partial charge in [0.15, 0.2) is 0 Å². The second kappa shape index (κ2) is 9.04. The highest BCUT2D eigenvalue weighted by Crippen LogP contribution is 2.33. The van der Waals surface area contributed by atoms with E-state index in [-0.39, 0.29) is 25.0 Å². The molecule has 2 aromatic carbocycles. The summed E-state index contributed by atoms with van der Waals surface area (Å²) in [6.45, 7) is 7.86. The summed E-state index contributed by atoms with van der Waals surface area (Å²) in [6.07, 6.45) is 0. The van der Waals surface area contributed by atoms with Gasteiger partial charge in [-0.3, -0.25) is 19.4 Å². The molecular weight excluding hydrogens is 390 g/mol. The molecule has 1 N–H and O–H groups in total. The third-order valence-electron chi connectivity index (χ3n) is 6.05. The van der Waals surface area contributed by atoms with E-state index < -0.39 is 0 Å². The average Bonchev–Trinajstić information content (AvgIpc) is 3.01. The predicted octanol–water partition coefficient (Wildman–Crippen LogP) is 2.19. The monoisotopic (exact) mass is 419 g/mol. The number of amides is 2. The lowest BCUT2D eigenvalue weighted by Gasteiger charge is -2.36. The molecule has 0 radical (unpaired) electrons. The Hall–Kier alpha value is -2.96. The van der Waals surface area contributed by atoms with Gasteiger partial charge in [-0.25, -0.2) is 0 Å². The van der Waals surface area contributed by atoms with Crippen molar-refractivity contribution >= 4 is 17.4 Å². The third kappa shape index (κ3) is 4.40. The molecule has 0 atom stereocenters. The minimum atomic E-state index is -0.234. The van der Waals surface area contributed by atoms with Gasteiger partial charge < -0.3 is 10.0 Å². The topological polar surface area (TPSA) is 64.1 Å². The van der Waals surface area contributed by atoms with Crippen LogP contribution in [0, 0.1) is 13.8 Å². The van der Waals surface area contributed by atoms with Gasteiger partial charge in [0.05, 0.1) is 18.7 Å². The first-order chi connectivity index (χ1) is 15.0. The van der Waals surface area contributed by atoms with Crippen LogP contribution in [0.4, 0.5) is 0 Å². The molecule has 0 spiro atoms. The fraction of sp³-hybridized carbons (Fsp3) is 0.360. The molecule has 0 bridgehead atoms. The normalized spacial score (nSPS) is 17.8. The van der Waals surface area contributed by atoms with E-state index in [0.717, 1.165) is 35.3 Å². The van der Waals surface area contributed by atoms with Gasteiger partial charge in [-0.05, 0) is 25.0 Å². The number of carbonyl (C=O) groups excluding carboxylic acids is 2. The third-order valence-corrected chi connectivity index (χ3v) is 6.05. The minimum absolute atomic E-state index is 0.124. The maximum Gasteiger partial charge on any atom is 0.278 e. The van der Waals surface area contributed by atoms with Gasteiger partial charge in [-0.15, -0.1) is 0 Å². The predicted molar refractivity (Wildman–Crippen MR) is 120 cm³/mol. The van der Waals surface area contributed by atoms with Gasteiger partial charge in [-0.1, -0.05) is 59.7 Å². The Morgan fingerprint density at radius 2 is 1.39 bits per heavy atom. The van der Waals surface area contributed by atoms with Crippen LogP contribution in [0.25, 0.3) is 5.57 Å². The summed E-state index contributed by atoms with van der Waals surface area (Å²) in [5.74, 6) is -0.459. The molecule has 6 heteroatoms.